The quantitative estimate of drug-likeness (QED) is 0.127. The molecule has 0 spiro atoms. The van der Waals surface area contributed by atoms with E-state index in [2.05, 4.69) is 37.1 Å². The number of methoxy groups -OCH3 is 1. The molecule has 7 nitrogen and oxygen atoms in total. The van der Waals surface area contributed by atoms with E-state index >= 15 is 4.39 Å². The van der Waals surface area contributed by atoms with Gasteiger partial charge in [-0.05, 0) is 83.7 Å². The monoisotopic (exact) mass is 613 g/mol. The van der Waals surface area contributed by atoms with Crippen LogP contribution < -0.4 is 9.47 Å². The number of benzene rings is 3. The van der Waals surface area contributed by atoms with Crippen LogP contribution in [0.5, 0.6) is 11.5 Å². The highest BCUT2D eigenvalue weighted by Gasteiger charge is 2.34. The molecule has 1 atom stereocenters. The lowest BCUT2D eigenvalue weighted by atomic mass is 9.77. The number of carboxylic acids is 1. The van der Waals surface area contributed by atoms with E-state index in [9.17, 15) is 9.90 Å². The highest BCUT2D eigenvalue weighted by Crippen LogP contribution is 2.45. The van der Waals surface area contributed by atoms with Crippen LogP contribution in [-0.4, -0.2) is 33.2 Å². The van der Waals surface area contributed by atoms with Crippen LogP contribution in [-0.2, 0) is 23.4 Å². The fourth-order valence-electron chi connectivity index (χ4n) is 6.05. The Bertz CT molecular complexity index is 1610. The maximum absolute atomic E-state index is 15.3. The Balaban J connectivity index is 1.44. The summed E-state index contributed by atoms with van der Waals surface area (Å²) in [5, 5.41) is 18.4. The molecule has 3 aromatic carbocycles. The smallest absolute Gasteiger partial charge is 0.303 e. The number of ether oxygens (including phenoxy) is 2. The van der Waals surface area contributed by atoms with Crippen LogP contribution in [0.25, 0.3) is 11.1 Å². The lowest BCUT2D eigenvalue weighted by Crippen LogP contribution is -2.21. The van der Waals surface area contributed by atoms with Crippen LogP contribution in [0, 0.1) is 11.7 Å². The number of halogens is 1. The molecule has 0 bridgehead atoms. The van der Waals surface area contributed by atoms with Gasteiger partial charge < -0.3 is 14.6 Å². The molecule has 0 aliphatic heterocycles. The van der Waals surface area contributed by atoms with Gasteiger partial charge >= 0.3 is 5.97 Å². The van der Waals surface area contributed by atoms with E-state index in [1.165, 1.54) is 18.9 Å². The molecule has 1 aromatic heterocycles. The Morgan fingerprint density at radius 1 is 1.04 bits per heavy atom. The molecule has 1 fully saturated rings. The molecule has 4 aromatic rings. The summed E-state index contributed by atoms with van der Waals surface area (Å²) in [5.74, 6) is 0.569. The normalized spacial score (nSPS) is 13.9. The Labute approximate surface area is 265 Å². The molecule has 1 heterocycles. The second kappa shape index (κ2) is 14.3. The number of aliphatic carboxylic acids is 1. The Hall–Kier alpha value is -4.20. The van der Waals surface area contributed by atoms with Gasteiger partial charge in [0.05, 0.1) is 19.2 Å². The maximum atomic E-state index is 15.3. The van der Waals surface area contributed by atoms with E-state index in [1.54, 1.807) is 19.2 Å². The Morgan fingerprint density at radius 2 is 1.87 bits per heavy atom. The van der Waals surface area contributed by atoms with Crippen molar-refractivity contribution in [2.24, 2.45) is 5.92 Å². The minimum absolute atomic E-state index is 0.00411. The molecule has 1 unspecified atom stereocenters. The van der Waals surface area contributed by atoms with Crippen LogP contribution in [0.4, 0.5) is 4.39 Å². The summed E-state index contributed by atoms with van der Waals surface area (Å²) < 4.78 is 28.9. The zero-order chi connectivity index (χ0) is 32.0. The van der Waals surface area contributed by atoms with E-state index in [1.807, 2.05) is 47.3 Å². The van der Waals surface area contributed by atoms with Gasteiger partial charge in [0.15, 0.2) is 0 Å². The summed E-state index contributed by atoms with van der Waals surface area (Å²) in [6.45, 7) is 7.47. The Kier molecular flexibility index (Phi) is 10.2. The first-order chi connectivity index (χ1) is 21.7. The van der Waals surface area contributed by atoms with Crippen molar-refractivity contribution in [1.29, 1.82) is 0 Å². The standard InChI is InChI=1S/C37H44FN3O4/c1-5-6-7-8-18-41-23-35(39-40-41)37(2,3)33-19-25(12-16-30(33)32-21-28(44-4)15-17-34(32)38)24-45-29-11-9-10-27(20-29)31(22-36(42)43)26-13-14-26/h9-12,15-17,19-21,23,26,31H,5-8,13-14,18,22,24H2,1-4H3,(H,42,43). The number of hydrogen-bond acceptors (Lipinski definition) is 5. The van der Waals surface area contributed by atoms with Crippen LogP contribution in [0.2, 0.25) is 0 Å². The minimum atomic E-state index is -0.780. The van der Waals surface area contributed by atoms with Crippen molar-refractivity contribution >= 4 is 5.97 Å². The van der Waals surface area contributed by atoms with Crippen molar-refractivity contribution in [2.45, 2.75) is 90.2 Å². The molecule has 1 aliphatic carbocycles. The topological polar surface area (TPSA) is 86.5 Å². The van der Waals surface area contributed by atoms with Crippen LogP contribution >= 0.6 is 0 Å². The maximum Gasteiger partial charge on any atom is 0.303 e. The first-order valence-corrected chi connectivity index (χ1v) is 16.0. The predicted molar refractivity (Wildman–Crippen MR) is 173 cm³/mol. The van der Waals surface area contributed by atoms with E-state index in [-0.39, 0.29) is 18.2 Å². The number of unbranched alkanes of at least 4 members (excludes halogenated alkanes) is 3. The SMILES string of the molecule is CCCCCCn1cc(C(C)(C)c2cc(COc3cccc(C(CC(=O)O)C4CC4)c3)ccc2-c2cc(OC)ccc2F)nn1. The number of aryl methyl sites for hydroxylation is 1. The molecule has 1 N–H and O–H groups in total. The molecular formula is C37H44FN3O4. The van der Waals surface area contributed by atoms with Crippen molar-refractivity contribution in [3.8, 4) is 22.6 Å². The summed E-state index contributed by atoms with van der Waals surface area (Å²) in [5.41, 5.74) is 4.23. The average Bonchev–Trinajstić information content (AvgIpc) is 3.77. The molecule has 1 saturated carbocycles. The van der Waals surface area contributed by atoms with Crippen molar-refractivity contribution < 1.29 is 23.8 Å². The summed E-state index contributed by atoms with van der Waals surface area (Å²) in [6, 6.07) is 18.5. The van der Waals surface area contributed by atoms with E-state index < -0.39 is 11.4 Å². The summed E-state index contributed by atoms with van der Waals surface area (Å²) in [6.07, 6.45) is 8.82. The zero-order valence-electron chi connectivity index (χ0n) is 26.8. The molecule has 0 radical (unpaired) electrons. The first kappa shape index (κ1) is 32.2. The van der Waals surface area contributed by atoms with Crippen LogP contribution in [0.1, 0.15) is 94.0 Å². The van der Waals surface area contributed by atoms with Gasteiger partial charge in [-0.3, -0.25) is 9.48 Å². The third-order valence-electron chi connectivity index (χ3n) is 8.92. The predicted octanol–water partition coefficient (Wildman–Crippen LogP) is 8.55. The van der Waals surface area contributed by atoms with Gasteiger partial charge in [-0.1, -0.05) is 75.6 Å². The highest BCUT2D eigenvalue weighted by molar-refractivity contribution is 5.72. The van der Waals surface area contributed by atoms with Gasteiger partial charge in [0.2, 0.25) is 0 Å². The third-order valence-corrected chi connectivity index (χ3v) is 8.92. The van der Waals surface area contributed by atoms with Crippen LogP contribution in [0.3, 0.4) is 0 Å². The van der Waals surface area contributed by atoms with Gasteiger partial charge in [-0.25, -0.2) is 4.39 Å². The second-order valence-electron chi connectivity index (χ2n) is 12.7. The number of carboxylic acid groups (broad SMARTS) is 1. The fourth-order valence-corrected chi connectivity index (χ4v) is 6.05. The molecule has 1 aliphatic rings. The zero-order valence-corrected chi connectivity index (χ0v) is 26.8. The fraction of sp³-hybridized carbons (Fsp3) is 0.432. The first-order valence-electron chi connectivity index (χ1n) is 16.0. The number of nitrogens with zero attached hydrogens (tertiary/aromatic N) is 3. The molecule has 8 heteroatoms. The number of rotatable bonds is 16. The van der Waals surface area contributed by atoms with Gasteiger partial charge in [0.1, 0.15) is 23.9 Å². The van der Waals surface area contributed by atoms with Gasteiger partial charge in [0.25, 0.3) is 0 Å². The highest BCUT2D eigenvalue weighted by atomic mass is 19.1. The number of aromatic nitrogens is 3. The third kappa shape index (κ3) is 7.91. The molecule has 5 rings (SSSR count). The lowest BCUT2D eigenvalue weighted by molar-refractivity contribution is -0.137. The summed E-state index contributed by atoms with van der Waals surface area (Å²) in [4.78, 5) is 11.5. The summed E-state index contributed by atoms with van der Waals surface area (Å²) >= 11 is 0. The van der Waals surface area contributed by atoms with Crippen molar-refractivity contribution in [1.82, 2.24) is 15.0 Å². The second-order valence-corrected chi connectivity index (χ2v) is 12.7. The van der Waals surface area contributed by atoms with Crippen molar-refractivity contribution in [3.05, 3.63) is 95.1 Å². The van der Waals surface area contributed by atoms with E-state index in [0.29, 0.717) is 29.6 Å². The molecule has 238 valence electrons. The van der Waals surface area contributed by atoms with E-state index in [0.717, 1.165) is 60.2 Å². The molecule has 0 saturated heterocycles. The summed E-state index contributed by atoms with van der Waals surface area (Å²) in [7, 11) is 1.57. The van der Waals surface area contributed by atoms with Gasteiger partial charge in [0, 0.05) is 23.7 Å². The van der Waals surface area contributed by atoms with Crippen molar-refractivity contribution in [2.75, 3.05) is 7.11 Å². The lowest BCUT2D eigenvalue weighted by Gasteiger charge is -2.27. The molecular weight excluding hydrogens is 569 g/mol. The number of hydrogen-bond donors (Lipinski definition) is 1. The minimum Gasteiger partial charge on any atom is -0.497 e. The Morgan fingerprint density at radius 3 is 2.60 bits per heavy atom. The van der Waals surface area contributed by atoms with E-state index in [4.69, 9.17) is 9.47 Å². The van der Waals surface area contributed by atoms with Gasteiger partial charge in [-0.2, -0.15) is 0 Å². The largest absolute Gasteiger partial charge is 0.497 e. The van der Waals surface area contributed by atoms with Gasteiger partial charge in [-0.15, -0.1) is 5.10 Å². The average molecular weight is 614 g/mol. The molecule has 0 amide bonds. The van der Waals surface area contributed by atoms with Crippen LogP contribution in [0.15, 0.2) is 66.9 Å². The molecule has 45 heavy (non-hydrogen) atoms. The number of carbonyl (C=O) groups is 1. The van der Waals surface area contributed by atoms with Crippen molar-refractivity contribution in [3.63, 3.8) is 0 Å².